The van der Waals surface area contributed by atoms with Crippen LogP contribution in [0.15, 0.2) is 54.6 Å². The number of alkyl halides is 3. The average molecular weight is 372 g/mol. The highest BCUT2D eigenvalue weighted by Crippen LogP contribution is 2.31. The Morgan fingerprint density at radius 1 is 1.04 bits per heavy atom. The Hall–Kier alpha value is -1.99. The molecular formula is C18H23F3N2OS. The number of hydrogen-bond acceptors (Lipinski definition) is 3. The van der Waals surface area contributed by atoms with Crippen LogP contribution in [0.1, 0.15) is 12.5 Å². The number of benzene rings is 2. The molecule has 0 aliphatic carbocycles. The van der Waals surface area contributed by atoms with Crippen molar-refractivity contribution in [2.24, 2.45) is 5.73 Å². The van der Waals surface area contributed by atoms with Gasteiger partial charge in [-0.25, -0.2) is 0 Å². The van der Waals surface area contributed by atoms with E-state index in [-0.39, 0.29) is 11.7 Å². The molecule has 0 aliphatic rings. The summed E-state index contributed by atoms with van der Waals surface area (Å²) in [4.78, 5) is 10.2. The minimum atomic E-state index is -4.29. The maximum Gasteiger partial charge on any atom is 0.416 e. The van der Waals surface area contributed by atoms with Crippen molar-refractivity contribution in [3.8, 4) is 11.1 Å². The third-order valence-corrected chi connectivity index (χ3v) is 3.10. The van der Waals surface area contributed by atoms with Crippen molar-refractivity contribution in [3.05, 3.63) is 60.2 Å². The zero-order valence-corrected chi connectivity index (χ0v) is 15.1. The predicted octanol–water partition coefficient (Wildman–Crippen LogP) is 4.00. The molecule has 2 aromatic carbocycles. The van der Waals surface area contributed by atoms with E-state index in [1.807, 2.05) is 13.0 Å². The van der Waals surface area contributed by atoms with E-state index in [0.29, 0.717) is 12.1 Å². The fourth-order valence-corrected chi connectivity index (χ4v) is 1.87. The average Bonchev–Trinajstić information content (AvgIpc) is 2.64. The predicted molar refractivity (Wildman–Crippen MR) is 99.5 cm³/mol. The van der Waals surface area contributed by atoms with Crippen LogP contribution in [-0.4, -0.2) is 25.3 Å². The lowest BCUT2D eigenvalue weighted by atomic mass is 10.0. The van der Waals surface area contributed by atoms with Crippen LogP contribution in [0, 0.1) is 0 Å². The first-order valence-electron chi connectivity index (χ1n) is 7.56. The molecule has 0 saturated heterocycles. The van der Waals surface area contributed by atoms with E-state index in [1.165, 1.54) is 13.1 Å². The zero-order valence-electron chi connectivity index (χ0n) is 14.2. The molecule has 0 spiro atoms. The molecule has 0 aliphatic heterocycles. The lowest BCUT2D eigenvalue weighted by Crippen LogP contribution is -2.23. The van der Waals surface area contributed by atoms with E-state index in [1.54, 1.807) is 30.3 Å². The lowest BCUT2D eigenvalue weighted by Gasteiger charge is -2.08. The van der Waals surface area contributed by atoms with Crippen LogP contribution in [0.4, 0.5) is 13.2 Å². The summed E-state index contributed by atoms with van der Waals surface area (Å²) in [5.41, 5.74) is 5.25. The van der Waals surface area contributed by atoms with E-state index in [2.05, 4.69) is 23.7 Å². The number of amides is 1. The molecule has 3 nitrogen and oxygen atoms in total. The van der Waals surface area contributed by atoms with Crippen molar-refractivity contribution < 1.29 is 18.0 Å². The Labute approximate surface area is 151 Å². The fourth-order valence-electron chi connectivity index (χ4n) is 1.76. The van der Waals surface area contributed by atoms with Crippen LogP contribution in [-0.2, 0) is 11.0 Å². The molecule has 0 atom stereocenters. The topological polar surface area (TPSA) is 55.1 Å². The highest BCUT2D eigenvalue weighted by atomic mass is 32.1. The van der Waals surface area contributed by atoms with Gasteiger partial charge in [0.2, 0.25) is 5.91 Å². The van der Waals surface area contributed by atoms with Crippen molar-refractivity contribution >= 4 is 18.5 Å². The van der Waals surface area contributed by atoms with Gasteiger partial charge >= 0.3 is 6.18 Å². The number of thiol groups is 1. The molecule has 1 amide bonds. The summed E-state index contributed by atoms with van der Waals surface area (Å²) in [5.74, 6) is 0.277. The van der Waals surface area contributed by atoms with Gasteiger partial charge in [-0.3, -0.25) is 4.79 Å². The van der Waals surface area contributed by atoms with Gasteiger partial charge in [0.1, 0.15) is 0 Å². The monoisotopic (exact) mass is 372 g/mol. The molecule has 3 N–H and O–H groups in total. The van der Waals surface area contributed by atoms with E-state index in [0.717, 1.165) is 17.7 Å². The number of nitrogens with one attached hydrogen (secondary N) is 1. The first-order chi connectivity index (χ1) is 11.9. The molecule has 0 bridgehead atoms. The summed E-state index contributed by atoms with van der Waals surface area (Å²) >= 11 is 3.74. The van der Waals surface area contributed by atoms with Gasteiger partial charge < -0.3 is 11.1 Å². The van der Waals surface area contributed by atoms with Crippen LogP contribution in [0.5, 0.6) is 0 Å². The maximum atomic E-state index is 12.5. The number of halogens is 3. The van der Waals surface area contributed by atoms with Crippen molar-refractivity contribution in [2.45, 2.75) is 13.1 Å². The van der Waals surface area contributed by atoms with E-state index in [9.17, 15) is 18.0 Å². The summed E-state index contributed by atoms with van der Waals surface area (Å²) < 4.78 is 37.5. The number of hydrogen-bond donors (Lipinski definition) is 3. The van der Waals surface area contributed by atoms with Gasteiger partial charge in [0, 0.05) is 6.54 Å². The molecule has 2 aromatic rings. The molecule has 0 saturated carbocycles. The second kappa shape index (κ2) is 12.4. The van der Waals surface area contributed by atoms with Crippen LogP contribution < -0.4 is 11.1 Å². The molecule has 0 radical (unpaired) electrons. The van der Waals surface area contributed by atoms with Gasteiger partial charge in [-0.2, -0.15) is 25.8 Å². The van der Waals surface area contributed by atoms with Crippen LogP contribution >= 0.6 is 12.6 Å². The van der Waals surface area contributed by atoms with Gasteiger partial charge in [0.05, 0.1) is 11.3 Å². The molecule has 0 aromatic heterocycles. The molecular weight excluding hydrogens is 349 g/mol. The third kappa shape index (κ3) is 9.16. The maximum absolute atomic E-state index is 12.5. The normalized spacial score (nSPS) is 9.88. The van der Waals surface area contributed by atoms with Crippen molar-refractivity contribution in [2.75, 3.05) is 19.3 Å². The van der Waals surface area contributed by atoms with E-state index < -0.39 is 11.7 Å². The van der Waals surface area contributed by atoms with Crippen LogP contribution in [0.25, 0.3) is 11.1 Å². The standard InChI is InChI=1S/C13H9F3.C4H9NOS.CH5N/c14-13(15,16)12-8-4-7-11(9-12)10-5-2-1-3-6-10;1-2-5-4(6)3-7;1-2/h1-9H;7H,2-3H2,1H3,(H,5,6);2H2,1H3. The minimum Gasteiger partial charge on any atom is -0.356 e. The molecule has 0 unspecified atom stereocenters. The largest absolute Gasteiger partial charge is 0.416 e. The Bertz CT molecular complexity index is 619. The molecule has 0 heterocycles. The number of rotatable bonds is 3. The smallest absolute Gasteiger partial charge is 0.356 e. The summed E-state index contributed by atoms with van der Waals surface area (Å²) in [5, 5.41) is 2.58. The minimum absolute atomic E-state index is 0.00849. The summed E-state index contributed by atoms with van der Waals surface area (Å²) in [7, 11) is 1.50. The fraction of sp³-hybridized carbons (Fsp3) is 0.278. The van der Waals surface area contributed by atoms with Gasteiger partial charge in [-0.1, -0.05) is 42.5 Å². The van der Waals surface area contributed by atoms with Gasteiger partial charge in [0.25, 0.3) is 0 Å². The molecule has 25 heavy (non-hydrogen) atoms. The van der Waals surface area contributed by atoms with Crippen molar-refractivity contribution in [1.82, 2.24) is 5.32 Å². The number of carbonyl (C=O) groups excluding carboxylic acids is 1. The third-order valence-electron chi connectivity index (χ3n) is 2.81. The highest BCUT2D eigenvalue weighted by Gasteiger charge is 2.30. The van der Waals surface area contributed by atoms with E-state index in [4.69, 9.17) is 0 Å². The Morgan fingerprint density at radius 3 is 2.04 bits per heavy atom. The first kappa shape index (κ1) is 23.0. The Morgan fingerprint density at radius 2 is 1.60 bits per heavy atom. The summed E-state index contributed by atoms with van der Waals surface area (Å²) in [6.45, 7) is 2.57. The number of carbonyl (C=O) groups is 1. The molecule has 7 heteroatoms. The lowest BCUT2D eigenvalue weighted by molar-refractivity contribution is -0.137. The van der Waals surface area contributed by atoms with Crippen LogP contribution in [0.2, 0.25) is 0 Å². The summed E-state index contributed by atoms with van der Waals surface area (Å²) in [6.07, 6.45) is -4.29. The second-order valence-corrected chi connectivity index (χ2v) is 4.87. The SMILES string of the molecule is CCNC(=O)CS.CN.FC(F)(F)c1cccc(-c2ccccc2)c1. The van der Waals surface area contributed by atoms with Crippen molar-refractivity contribution in [1.29, 1.82) is 0 Å². The van der Waals surface area contributed by atoms with Gasteiger partial charge in [-0.15, -0.1) is 0 Å². The Balaban J connectivity index is 0.000000544. The molecule has 138 valence electrons. The van der Waals surface area contributed by atoms with E-state index >= 15 is 0 Å². The number of nitrogens with two attached hydrogens (primary N) is 1. The first-order valence-corrected chi connectivity index (χ1v) is 8.19. The van der Waals surface area contributed by atoms with Crippen LogP contribution in [0.3, 0.4) is 0 Å². The van der Waals surface area contributed by atoms with Crippen molar-refractivity contribution in [3.63, 3.8) is 0 Å². The second-order valence-electron chi connectivity index (χ2n) is 4.56. The Kier molecular flexibility index (Phi) is 11.4. The van der Waals surface area contributed by atoms with Gasteiger partial charge in [0.15, 0.2) is 0 Å². The molecule has 0 fully saturated rings. The summed E-state index contributed by atoms with van der Waals surface area (Å²) in [6, 6.07) is 14.3. The zero-order chi connectivity index (χ0) is 19.3. The van der Waals surface area contributed by atoms with Gasteiger partial charge in [-0.05, 0) is 37.2 Å². The molecule has 2 rings (SSSR count). The quantitative estimate of drug-likeness (QED) is 0.714. The highest BCUT2D eigenvalue weighted by molar-refractivity contribution is 7.81.